The number of carbonyl (C=O) groups excluding carboxylic acids is 1. The molecule has 3 aromatic rings. The summed E-state index contributed by atoms with van der Waals surface area (Å²) in [5, 5.41) is 0. The van der Waals surface area contributed by atoms with Crippen LogP contribution in [-0.2, 0) is 26.4 Å². The highest BCUT2D eigenvalue weighted by molar-refractivity contribution is 7.94. The Hall–Kier alpha value is -3.51. The van der Waals surface area contributed by atoms with Crippen LogP contribution in [0.2, 0.25) is 0 Å². The van der Waals surface area contributed by atoms with Gasteiger partial charge in [-0.2, -0.15) is 4.31 Å². The molecule has 178 valence electrons. The van der Waals surface area contributed by atoms with Gasteiger partial charge in [-0.25, -0.2) is 30.4 Å². The SMILES string of the molecule is COc1cc(F)c(CN2C(=O)N(c3cccc(S(C)(=O)=O)c3)S(=O)(=O)c3ccccc32)c(F)c1. The summed E-state index contributed by atoms with van der Waals surface area (Å²) in [6.45, 7) is -0.630. The summed E-state index contributed by atoms with van der Waals surface area (Å²) in [4.78, 5) is 13.9. The van der Waals surface area contributed by atoms with E-state index in [1.165, 1.54) is 49.6 Å². The molecule has 0 radical (unpaired) electrons. The molecule has 1 aliphatic heterocycles. The van der Waals surface area contributed by atoms with Crippen molar-refractivity contribution in [1.82, 2.24) is 0 Å². The van der Waals surface area contributed by atoms with Crippen LogP contribution in [0.15, 0.2) is 70.5 Å². The molecular weight excluding hydrogens is 490 g/mol. The largest absolute Gasteiger partial charge is 0.497 e. The molecule has 0 bridgehead atoms. The van der Waals surface area contributed by atoms with Crippen LogP contribution in [-0.4, -0.2) is 36.2 Å². The maximum absolute atomic E-state index is 14.7. The molecule has 2 amide bonds. The van der Waals surface area contributed by atoms with Gasteiger partial charge in [0.05, 0.1) is 29.9 Å². The molecular formula is C22H18F2N2O6S2. The minimum atomic E-state index is -4.46. The molecule has 0 saturated heterocycles. The van der Waals surface area contributed by atoms with Crippen LogP contribution < -0.4 is 13.9 Å². The number of urea groups is 1. The number of halogens is 2. The van der Waals surface area contributed by atoms with Gasteiger partial charge in [0, 0.05) is 24.0 Å². The van der Waals surface area contributed by atoms with Crippen LogP contribution in [0, 0.1) is 11.6 Å². The number of carbonyl (C=O) groups is 1. The Morgan fingerprint density at radius 3 is 2.24 bits per heavy atom. The van der Waals surface area contributed by atoms with Gasteiger partial charge in [0.2, 0.25) is 0 Å². The Kier molecular flexibility index (Phi) is 5.82. The van der Waals surface area contributed by atoms with E-state index in [9.17, 15) is 30.4 Å². The van der Waals surface area contributed by atoms with Crippen molar-refractivity contribution in [3.63, 3.8) is 0 Å². The first kappa shape index (κ1) is 23.6. The van der Waals surface area contributed by atoms with Crippen molar-refractivity contribution < 1.29 is 35.1 Å². The quantitative estimate of drug-likeness (QED) is 0.521. The molecule has 3 aromatic carbocycles. The maximum atomic E-state index is 14.7. The molecule has 34 heavy (non-hydrogen) atoms. The second-order valence-corrected chi connectivity index (χ2v) is 11.2. The van der Waals surface area contributed by atoms with Crippen LogP contribution in [0.5, 0.6) is 5.75 Å². The number of ether oxygens (including phenoxy) is 1. The number of hydrogen-bond acceptors (Lipinski definition) is 6. The third-order valence-corrected chi connectivity index (χ3v) is 8.08. The van der Waals surface area contributed by atoms with E-state index in [0.717, 1.165) is 29.4 Å². The number of anilines is 2. The zero-order chi connectivity index (χ0) is 24.8. The molecule has 0 spiro atoms. The number of nitrogens with zero attached hydrogens (tertiary/aromatic N) is 2. The maximum Gasteiger partial charge on any atom is 0.343 e. The number of amides is 2. The van der Waals surface area contributed by atoms with Crippen LogP contribution in [0.25, 0.3) is 0 Å². The first-order valence-corrected chi connectivity index (χ1v) is 13.1. The molecule has 0 N–H and O–H groups in total. The van der Waals surface area contributed by atoms with Crippen molar-refractivity contribution in [2.24, 2.45) is 0 Å². The Labute approximate surface area is 195 Å². The van der Waals surface area contributed by atoms with E-state index in [4.69, 9.17) is 4.74 Å². The predicted molar refractivity (Wildman–Crippen MR) is 120 cm³/mol. The number of fused-ring (bicyclic) bond motifs is 1. The fourth-order valence-electron chi connectivity index (χ4n) is 3.56. The highest BCUT2D eigenvalue weighted by Gasteiger charge is 2.43. The van der Waals surface area contributed by atoms with Gasteiger partial charge >= 0.3 is 6.03 Å². The lowest BCUT2D eigenvalue weighted by atomic mass is 10.1. The van der Waals surface area contributed by atoms with Crippen LogP contribution >= 0.6 is 0 Å². The van der Waals surface area contributed by atoms with Gasteiger partial charge in [-0.05, 0) is 30.3 Å². The smallest absolute Gasteiger partial charge is 0.343 e. The predicted octanol–water partition coefficient (Wildman–Crippen LogP) is 3.71. The molecule has 1 heterocycles. The van der Waals surface area contributed by atoms with E-state index in [1.54, 1.807) is 0 Å². The van der Waals surface area contributed by atoms with Gasteiger partial charge in [-0.3, -0.25) is 4.90 Å². The van der Waals surface area contributed by atoms with E-state index in [-0.39, 0.29) is 26.9 Å². The van der Waals surface area contributed by atoms with Gasteiger partial charge in [0.1, 0.15) is 22.3 Å². The highest BCUT2D eigenvalue weighted by Crippen LogP contribution is 2.39. The molecule has 0 saturated carbocycles. The lowest BCUT2D eigenvalue weighted by molar-refractivity contribution is 0.253. The molecule has 0 unspecified atom stereocenters. The van der Waals surface area contributed by atoms with Crippen LogP contribution in [0.3, 0.4) is 0 Å². The lowest BCUT2D eigenvalue weighted by Gasteiger charge is -2.36. The third kappa shape index (κ3) is 3.99. The minimum absolute atomic E-state index is 0.0640. The van der Waals surface area contributed by atoms with Crippen molar-refractivity contribution in [2.75, 3.05) is 22.6 Å². The number of methoxy groups -OCH3 is 1. The molecule has 8 nitrogen and oxygen atoms in total. The van der Waals surface area contributed by atoms with E-state index in [0.29, 0.717) is 4.31 Å². The number of rotatable bonds is 5. The summed E-state index contributed by atoms with van der Waals surface area (Å²) in [6.07, 6.45) is 0.940. The zero-order valence-corrected chi connectivity index (χ0v) is 19.5. The number of sulfone groups is 1. The van der Waals surface area contributed by atoms with E-state index in [2.05, 4.69) is 0 Å². The Bertz CT molecular complexity index is 1500. The Balaban J connectivity index is 1.89. The topological polar surface area (TPSA) is 101 Å². The van der Waals surface area contributed by atoms with Crippen molar-refractivity contribution in [3.05, 3.63) is 77.9 Å². The Morgan fingerprint density at radius 2 is 1.62 bits per heavy atom. The lowest BCUT2D eigenvalue weighted by Crippen LogP contribution is -2.51. The first-order chi connectivity index (χ1) is 15.9. The number of sulfonamides is 1. The number of hydrogen-bond donors (Lipinski definition) is 0. The van der Waals surface area contributed by atoms with E-state index < -0.39 is 49.6 Å². The highest BCUT2D eigenvalue weighted by atomic mass is 32.2. The average molecular weight is 509 g/mol. The monoisotopic (exact) mass is 508 g/mol. The molecule has 0 fully saturated rings. The van der Waals surface area contributed by atoms with E-state index >= 15 is 0 Å². The summed E-state index contributed by atoms with van der Waals surface area (Å²) in [5.41, 5.74) is -0.783. The normalized spacial score (nSPS) is 15.2. The summed E-state index contributed by atoms with van der Waals surface area (Å²) >= 11 is 0. The zero-order valence-electron chi connectivity index (χ0n) is 17.9. The van der Waals surface area contributed by atoms with E-state index in [1.807, 2.05) is 0 Å². The number of benzene rings is 3. The summed E-state index contributed by atoms with van der Waals surface area (Å²) < 4.78 is 85.3. The van der Waals surface area contributed by atoms with Gasteiger partial charge in [-0.15, -0.1) is 0 Å². The van der Waals surface area contributed by atoms with Crippen molar-refractivity contribution >= 4 is 37.3 Å². The second kappa shape index (κ2) is 8.37. The first-order valence-electron chi connectivity index (χ1n) is 9.73. The van der Waals surface area contributed by atoms with Gasteiger partial charge < -0.3 is 4.74 Å². The molecule has 4 rings (SSSR count). The number of para-hydroxylation sites is 1. The molecule has 0 aliphatic carbocycles. The molecule has 12 heteroatoms. The van der Waals surface area contributed by atoms with Crippen LogP contribution in [0.4, 0.5) is 25.0 Å². The third-order valence-electron chi connectivity index (χ3n) is 5.23. The molecule has 0 aromatic heterocycles. The standard InChI is InChI=1S/C22H18F2N2O6S2/c1-32-15-11-18(23)17(19(24)12-15)13-25-20-8-3-4-9-21(20)34(30,31)26(22(25)27)14-6-5-7-16(10-14)33(2,28)29/h3-12H,13H2,1-2H3. The fraction of sp³-hybridized carbons (Fsp3) is 0.136. The summed E-state index contributed by atoms with van der Waals surface area (Å²) in [5.74, 6) is -2.03. The molecule has 1 aliphatic rings. The fourth-order valence-corrected chi connectivity index (χ4v) is 5.81. The van der Waals surface area contributed by atoms with Gasteiger partial charge in [0.15, 0.2) is 9.84 Å². The summed E-state index contributed by atoms with van der Waals surface area (Å²) in [7, 11) is -6.94. The average Bonchev–Trinajstić information content (AvgIpc) is 2.77. The second-order valence-electron chi connectivity index (χ2n) is 7.45. The van der Waals surface area contributed by atoms with Crippen molar-refractivity contribution in [1.29, 1.82) is 0 Å². The van der Waals surface area contributed by atoms with Gasteiger partial charge in [-0.1, -0.05) is 18.2 Å². The summed E-state index contributed by atoms with van der Waals surface area (Å²) in [6, 6.07) is 11.1. The van der Waals surface area contributed by atoms with Crippen molar-refractivity contribution in [3.8, 4) is 5.75 Å². The molecule has 0 atom stereocenters. The van der Waals surface area contributed by atoms with Crippen molar-refractivity contribution in [2.45, 2.75) is 16.3 Å². The van der Waals surface area contributed by atoms with Gasteiger partial charge in [0.25, 0.3) is 10.0 Å². The Morgan fingerprint density at radius 1 is 0.971 bits per heavy atom. The minimum Gasteiger partial charge on any atom is -0.497 e. The van der Waals surface area contributed by atoms with Crippen LogP contribution in [0.1, 0.15) is 5.56 Å².